The van der Waals surface area contributed by atoms with E-state index in [0.717, 1.165) is 31.1 Å². The van der Waals surface area contributed by atoms with Crippen LogP contribution in [0.2, 0.25) is 0 Å². The van der Waals surface area contributed by atoms with Crippen LogP contribution < -0.4 is 5.32 Å². The zero-order chi connectivity index (χ0) is 13.2. The van der Waals surface area contributed by atoms with Crippen LogP contribution in [0.3, 0.4) is 0 Å². The minimum Gasteiger partial charge on any atom is -0.385 e. The van der Waals surface area contributed by atoms with Crippen molar-refractivity contribution in [2.75, 3.05) is 25.5 Å². The maximum absolute atomic E-state index is 12.6. The van der Waals surface area contributed by atoms with Crippen molar-refractivity contribution in [1.29, 1.82) is 0 Å². The van der Waals surface area contributed by atoms with Crippen LogP contribution in [-0.2, 0) is 4.79 Å². The molecule has 0 bridgehead atoms. The quantitative estimate of drug-likeness (QED) is 0.904. The SMILES string of the molecule is CN(CC1CCC1)C(=O)C1CCNc2ccccc21. The fraction of sp³-hybridized carbons (Fsp3) is 0.562. The number of carbonyl (C=O) groups is 1. The van der Waals surface area contributed by atoms with Crippen molar-refractivity contribution in [2.45, 2.75) is 31.6 Å². The summed E-state index contributed by atoms with van der Waals surface area (Å²) in [6.45, 7) is 1.83. The predicted molar refractivity (Wildman–Crippen MR) is 77.3 cm³/mol. The number of fused-ring (bicyclic) bond motifs is 1. The molecule has 1 fully saturated rings. The lowest BCUT2D eigenvalue weighted by Gasteiger charge is -2.34. The zero-order valence-electron chi connectivity index (χ0n) is 11.6. The second-order valence-electron chi connectivity index (χ2n) is 5.87. The Labute approximate surface area is 115 Å². The molecule has 1 aromatic carbocycles. The van der Waals surface area contributed by atoms with E-state index in [1.54, 1.807) is 0 Å². The van der Waals surface area contributed by atoms with Crippen LogP contribution in [0.4, 0.5) is 5.69 Å². The molecule has 1 aliphatic heterocycles. The third-order valence-electron chi connectivity index (χ3n) is 4.52. The van der Waals surface area contributed by atoms with Gasteiger partial charge in [-0.1, -0.05) is 24.6 Å². The highest BCUT2D eigenvalue weighted by atomic mass is 16.2. The molecule has 19 heavy (non-hydrogen) atoms. The van der Waals surface area contributed by atoms with E-state index >= 15 is 0 Å². The molecule has 1 heterocycles. The molecule has 1 saturated carbocycles. The molecule has 0 aromatic heterocycles. The van der Waals surface area contributed by atoms with E-state index in [1.807, 2.05) is 24.1 Å². The van der Waals surface area contributed by atoms with Gasteiger partial charge >= 0.3 is 0 Å². The highest BCUT2D eigenvalue weighted by Gasteiger charge is 2.30. The first-order chi connectivity index (χ1) is 9.25. The maximum Gasteiger partial charge on any atom is 0.230 e. The largest absolute Gasteiger partial charge is 0.385 e. The summed E-state index contributed by atoms with van der Waals surface area (Å²) >= 11 is 0. The molecular weight excluding hydrogens is 236 g/mol. The summed E-state index contributed by atoms with van der Waals surface area (Å²) in [5.41, 5.74) is 2.29. The van der Waals surface area contributed by atoms with E-state index in [2.05, 4.69) is 17.4 Å². The van der Waals surface area contributed by atoms with E-state index in [9.17, 15) is 4.79 Å². The first-order valence-corrected chi connectivity index (χ1v) is 7.33. The van der Waals surface area contributed by atoms with Crippen LogP contribution in [0, 0.1) is 5.92 Å². The third-order valence-corrected chi connectivity index (χ3v) is 4.52. The molecule has 1 aliphatic carbocycles. The Morgan fingerprint density at radius 3 is 2.84 bits per heavy atom. The Balaban J connectivity index is 1.73. The van der Waals surface area contributed by atoms with Gasteiger partial charge in [-0.2, -0.15) is 0 Å². The van der Waals surface area contributed by atoms with Gasteiger partial charge in [0.25, 0.3) is 0 Å². The van der Waals surface area contributed by atoms with Crippen molar-refractivity contribution in [3.05, 3.63) is 29.8 Å². The Bertz CT molecular complexity index is 468. The molecule has 102 valence electrons. The molecule has 3 nitrogen and oxygen atoms in total. The number of para-hydroxylation sites is 1. The van der Waals surface area contributed by atoms with Crippen LogP contribution in [0.5, 0.6) is 0 Å². The highest BCUT2D eigenvalue weighted by molar-refractivity contribution is 5.86. The van der Waals surface area contributed by atoms with E-state index in [4.69, 9.17) is 0 Å². The summed E-state index contributed by atoms with van der Waals surface area (Å²) in [4.78, 5) is 14.6. The van der Waals surface area contributed by atoms with Gasteiger partial charge < -0.3 is 10.2 Å². The summed E-state index contributed by atoms with van der Waals surface area (Å²) < 4.78 is 0. The number of carbonyl (C=O) groups excluding carboxylic acids is 1. The van der Waals surface area contributed by atoms with E-state index in [1.165, 1.54) is 24.8 Å². The highest BCUT2D eigenvalue weighted by Crippen LogP contribution is 2.33. The van der Waals surface area contributed by atoms with E-state index in [0.29, 0.717) is 5.91 Å². The van der Waals surface area contributed by atoms with Crippen molar-refractivity contribution >= 4 is 11.6 Å². The van der Waals surface area contributed by atoms with Gasteiger partial charge in [0.2, 0.25) is 5.91 Å². The Morgan fingerprint density at radius 2 is 2.11 bits per heavy atom. The molecule has 1 amide bonds. The van der Waals surface area contributed by atoms with Gasteiger partial charge in [-0.3, -0.25) is 4.79 Å². The number of hydrogen-bond donors (Lipinski definition) is 1. The van der Waals surface area contributed by atoms with Crippen LogP contribution in [0.1, 0.15) is 37.2 Å². The Hall–Kier alpha value is -1.51. The summed E-state index contributed by atoms with van der Waals surface area (Å²) in [6.07, 6.45) is 4.83. The number of nitrogens with zero attached hydrogens (tertiary/aromatic N) is 1. The van der Waals surface area contributed by atoms with Crippen LogP contribution in [0.25, 0.3) is 0 Å². The minimum atomic E-state index is 0.0440. The average molecular weight is 258 g/mol. The lowest BCUT2D eigenvalue weighted by Crippen LogP contribution is -2.38. The van der Waals surface area contributed by atoms with Crippen molar-refractivity contribution in [3.63, 3.8) is 0 Å². The fourth-order valence-corrected chi connectivity index (χ4v) is 3.14. The second kappa shape index (κ2) is 5.24. The molecule has 3 rings (SSSR count). The average Bonchev–Trinajstić information content (AvgIpc) is 2.41. The van der Waals surface area contributed by atoms with Crippen molar-refractivity contribution in [2.24, 2.45) is 5.92 Å². The van der Waals surface area contributed by atoms with Gasteiger partial charge in [0.1, 0.15) is 0 Å². The van der Waals surface area contributed by atoms with Gasteiger partial charge in [0.05, 0.1) is 5.92 Å². The molecule has 1 N–H and O–H groups in total. The lowest BCUT2D eigenvalue weighted by molar-refractivity contribution is -0.132. The second-order valence-corrected chi connectivity index (χ2v) is 5.87. The molecule has 0 spiro atoms. The smallest absolute Gasteiger partial charge is 0.230 e. The molecule has 1 unspecified atom stereocenters. The monoisotopic (exact) mass is 258 g/mol. The third kappa shape index (κ3) is 2.46. The van der Waals surface area contributed by atoms with Crippen molar-refractivity contribution in [3.8, 4) is 0 Å². The van der Waals surface area contributed by atoms with E-state index in [-0.39, 0.29) is 5.92 Å². The summed E-state index contributed by atoms with van der Waals surface area (Å²) in [5.74, 6) is 1.08. The van der Waals surface area contributed by atoms with Gasteiger partial charge in [-0.15, -0.1) is 0 Å². The van der Waals surface area contributed by atoms with Crippen molar-refractivity contribution in [1.82, 2.24) is 4.90 Å². The van der Waals surface area contributed by atoms with Crippen LogP contribution in [-0.4, -0.2) is 30.9 Å². The summed E-state index contributed by atoms with van der Waals surface area (Å²) in [6, 6.07) is 8.21. The molecule has 1 aromatic rings. The first kappa shape index (κ1) is 12.5. The number of nitrogens with one attached hydrogen (secondary N) is 1. The minimum absolute atomic E-state index is 0.0440. The fourth-order valence-electron chi connectivity index (χ4n) is 3.14. The molecule has 0 saturated heterocycles. The number of rotatable bonds is 3. The number of hydrogen-bond acceptors (Lipinski definition) is 2. The normalized spacial score (nSPS) is 22.1. The number of anilines is 1. The van der Waals surface area contributed by atoms with E-state index < -0.39 is 0 Å². The molecule has 3 heteroatoms. The van der Waals surface area contributed by atoms with Crippen molar-refractivity contribution < 1.29 is 4.79 Å². The van der Waals surface area contributed by atoms with Gasteiger partial charge in [0, 0.05) is 25.8 Å². The molecule has 1 atom stereocenters. The summed E-state index contributed by atoms with van der Waals surface area (Å²) in [7, 11) is 1.96. The number of amides is 1. The number of benzene rings is 1. The van der Waals surface area contributed by atoms with Crippen LogP contribution >= 0.6 is 0 Å². The topological polar surface area (TPSA) is 32.3 Å². The van der Waals surface area contributed by atoms with Gasteiger partial charge in [-0.25, -0.2) is 0 Å². The molecular formula is C16H22N2O. The zero-order valence-corrected chi connectivity index (χ0v) is 11.6. The number of likely N-dealkylation sites (N-methyl/N-ethyl adjacent to an activating group) is 1. The lowest BCUT2D eigenvalue weighted by atomic mass is 9.84. The van der Waals surface area contributed by atoms with Crippen LogP contribution in [0.15, 0.2) is 24.3 Å². The Kier molecular flexibility index (Phi) is 3.45. The maximum atomic E-state index is 12.6. The summed E-state index contributed by atoms with van der Waals surface area (Å²) in [5, 5.41) is 3.38. The Morgan fingerprint density at radius 1 is 1.32 bits per heavy atom. The first-order valence-electron chi connectivity index (χ1n) is 7.33. The molecule has 2 aliphatic rings. The standard InChI is InChI=1S/C16H22N2O/c1-18(11-12-5-4-6-12)16(19)14-9-10-17-15-8-3-2-7-13(14)15/h2-3,7-8,12,14,17H,4-6,9-11H2,1H3. The van der Waals surface area contributed by atoms with Gasteiger partial charge in [-0.05, 0) is 36.8 Å². The predicted octanol–water partition coefficient (Wildman–Crippen LogP) is 2.84. The molecule has 0 radical (unpaired) electrons. The van der Waals surface area contributed by atoms with Gasteiger partial charge in [0.15, 0.2) is 0 Å².